The van der Waals surface area contributed by atoms with E-state index >= 15 is 0 Å². The summed E-state index contributed by atoms with van der Waals surface area (Å²) in [6.07, 6.45) is 1.24. The van der Waals surface area contributed by atoms with Crippen molar-refractivity contribution in [1.29, 1.82) is 0 Å². The fourth-order valence-electron chi connectivity index (χ4n) is 2.24. The van der Waals surface area contributed by atoms with Crippen LogP contribution in [0.5, 0.6) is 0 Å². The van der Waals surface area contributed by atoms with E-state index in [9.17, 15) is 14.9 Å². The highest BCUT2D eigenvalue weighted by Crippen LogP contribution is 2.25. The Labute approximate surface area is 126 Å². The van der Waals surface area contributed by atoms with Gasteiger partial charge in [-0.05, 0) is 41.3 Å². The van der Waals surface area contributed by atoms with Crippen molar-refractivity contribution in [1.82, 2.24) is 9.97 Å². The van der Waals surface area contributed by atoms with Crippen LogP contribution in [0.1, 0.15) is 19.8 Å². The van der Waals surface area contributed by atoms with Crippen LogP contribution in [0.3, 0.4) is 0 Å². The van der Waals surface area contributed by atoms with Crippen LogP contribution in [0, 0.1) is 16.0 Å². The smallest absolute Gasteiger partial charge is 0.466 e. The summed E-state index contributed by atoms with van der Waals surface area (Å²) in [6, 6.07) is 1.49. The lowest BCUT2D eigenvalue weighted by Crippen LogP contribution is -2.37. The van der Waals surface area contributed by atoms with Gasteiger partial charge in [-0.25, -0.2) is 0 Å². The minimum absolute atomic E-state index is 0.0271. The number of nitrogens with zero attached hydrogens (tertiary/aromatic N) is 4. The summed E-state index contributed by atoms with van der Waals surface area (Å²) >= 11 is 5.78. The molecule has 0 N–H and O–H groups in total. The lowest BCUT2D eigenvalue weighted by Gasteiger charge is -2.30. The standard InChI is InChI=1S/C12H15ClN4O4/c1-2-21-11(18)8-3-5-16(6-4-8)10-7-9(13)14-12(15-10)17(19)20/h7-8H,2-6H2,1H3. The molecule has 1 saturated heterocycles. The van der Waals surface area contributed by atoms with Crippen molar-refractivity contribution >= 4 is 29.3 Å². The highest BCUT2D eigenvalue weighted by Gasteiger charge is 2.28. The predicted octanol–water partition coefficient (Wildman–Crippen LogP) is 1.82. The van der Waals surface area contributed by atoms with E-state index in [1.165, 1.54) is 6.07 Å². The number of esters is 1. The Morgan fingerprint density at radius 3 is 2.76 bits per heavy atom. The van der Waals surface area contributed by atoms with Crippen LogP contribution in [0.25, 0.3) is 0 Å². The third-order valence-corrected chi connectivity index (χ3v) is 3.47. The number of piperidine rings is 1. The molecule has 0 spiro atoms. The van der Waals surface area contributed by atoms with Crippen molar-refractivity contribution in [3.8, 4) is 0 Å². The van der Waals surface area contributed by atoms with Crippen LogP contribution in [-0.2, 0) is 9.53 Å². The number of rotatable bonds is 4. The first kappa shape index (κ1) is 15.4. The largest absolute Gasteiger partial charge is 0.472 e. The second-order valence-electron chi connectivity index (χ2n) is 4.62. The van der Waals surface area contributed by atoms with Gasteiger partial charge in [0, 0.05) is 13.1 Å². The SMILES string of the molecule is CCOC(=O)C1CCN(c2cc(Cl)nc([N+](=O)[O-])n2)CC1. The molecule has 0 unspecified atom stereocenters. The zero-order valence-electron chi connectivity index (χ0n) is 11.5. The van der Waals surface area contributed by atoms with E-state index in [4.69, 9.17) is 16.3 Å². The maximum Gasteiger partial charge on any atom is 0.472 e. The fraction of sp³-hybridized carbons (Fsp3) is 0.583. The van der Waals surface area contributed by atoms with Gasteiger partial charge in [0.1, 0.15) is 0 Å². The Morgan fingerprint density at radius 2 is 2.19 bits per heavy atom. The summed E-state index contributed by atoms with van der Waals surface area (Å²) in [5.41, 5.74) is 0. The molecule has 1 aliphatic rings. The molecule has 0 saturated carbocycles. The van der Waals surface area contributed by atoms with Crippen LogP contribution in [0.2, 0.25) is 5.15 Å². The Bertz CT molecular complexity index is 546. The average molecular weight is 315 g/mol. The zero-order valence-corrected chi connectivity index (χ0v) is 12.2. The van der Waals surface area contributed by atoms with Gasteiger partial charge < -0.3 is 19.8 Å². The quantitative estimate of drug-likeness (QED) is 0.362. The van der Waals surface area contributed by atoms with E-state index in [1.54, 1.807) is 6.92 Å². The van der Waals surface area contributed by atoms with Crippen molar-refractivity contribution in [2.24, 2.45) is 5.92 Å². The molecule has 9 heteroatoms. The Hall–Kier alpha value is -1.96. The van der Waals surface area contributed by atoms with Crippen molar-refractivity contribution in [3.63, 3.8) is 0 Å². The van der Waals surface area contributed by atoms with E-state index in [0.29, 0.717) is 38.4 Å². The third kappa shape index (κ3) is 3.78. The number of hydrogen-bond acceptors (Lipinski definition) is 7. The van der Waals surface area contributed by atoms with Crippen molar-refractivity contribution in [3.05, 3.63) is 21.3 Å². The summed E-state index contributed by atoms with van der Waals surface area (Å²) < 4.78 is 5.00. The monoisotopic (exact) mass is 314 g/mol. The molecule has 0 aliphatic carbocycles. The van der Waals surface area contributed by atoms with Crippen molar-refractivity contribution in [2.75, 3.05) is 24.6 Å². The van der Waals surface area contributed by atoms with Gasteiger partial charge in [-0.3, -0.25) is 4.79 Å². The number of hydrogen-bond donors (Lipinski definition) is 0. The van der Waals surface area contributed by atoms with Gasteiger partial charge in [0.15, 0.2) is 0 Å². The summed E-state index contributed by atoms with van der Waals surface area (Å²) in [7, 11) is 0. The lowest BCUT2D eigenvalue weighted by molar-refractivity contribution is -0.394. The maximum atomic E-state index is 11.7. The maximum absolute atomic E-state index is 11.7. The summed E-state index contributed by atoms with van der Waals surface area (Å²) in [5.74, 6) is -0.439. The molecule has 2 rings (SSSR count). The molecule has 0 radical (unpaired) electrons. The van der Waals surface area contributed by atoms with Crippen LogP contribution < -0.4 is 4.90 Å². The van der Waals surface area contributed by atoms with E-state index in [1.807, 2.05) is 4.90 Å². The molecule has 1 aromatic heterocycles. The molecule has 1 aromatic rings. The van der Waals surface area contributed by atoms with E-state index in [2.05, 4.69) is 9.97 Å². The molecule has 0 amide bonds. The molecule has 0 bridgehead atoms. The van der Waals surface area contributed by atoms with Gasteiger partial charge in [-0.15, -0.1) is 0 Å². The number of nitro groups is 1. The Kier molecular flexibility index (Phi) is 4.89. The second kappa shape index (κ2) is 6.66. The second-order valence-corrected chi connectivity index (χ2v) is 5.01. The number of anilines is 1. The first-order valence-corrected chi connectivity index (χ1v) is 6.99. The Balaban J connectivity index is 2.05. The first-order chi connectivity index (χ1) is 10.0. The number of aromatic nitrogens is 2. The lowest BCUT2D eigenvalue weighted by atomic mass is 9.97. The number of carbonyl (C=O) groups excluding carboxylic acids is 1. The summed E-state index contributed by atoms with van der Waals surface area (Å²) in [6.45, 7) is 3.27. The van der Waals surface area contributed by atoms with Crippen LogP contribution in [0.4, 0.5) is 11.8 Å². The molecular weight excluding hydrogens is 300 g/mol. The molecule has 8 nitrogen and oxygen atoms in total. The highest BCUT2D eigenvalue weighted by atomic mass is 35.5. The van der Waals surface area contributed by atoms with Gasteiger partial charge in [-0.2, -0.15) is 0 Å². The van der Waals surface area contributed by atoms with Crippen molar-refractivity contribution < 1.29 is 14.5 Å². The number of carbonyl (C=O) groups is 1. The summed E-state index contributed by atoms with van der Waals surface area (Å²) in [4.78, 5) is 31.0. The van der Waals surface area contributed by atoms with E-state index in [-0.39, 0.29) is 17.0 Å². The summed E-state index contributed by atoms with van der Waals surface area (Å²) in [5, 5.41) is 10.8. The average Bonchev–Trinajstić information content (AvgIpc) is 2.47. The normalized spacial score (nSPS) is 15.8. The first-order valence-electron chi connectivity index (χ1n) is 6.61. The molecule has 1 aliphatic heterocycles. The predicted molar refractivity (Wildman–Crippen MR) is 75.3 cm³/mol. The molecule has 0 aromatic carbocycles. The zero-order chi connectivity index (χ0) is 15.4. The van der Waals surface area contributed by atoms with Crippen molar-refractivity contribution in [2.45, 2.75) is 19.8 Å². The van der Waals surface area contributed by atoms with Gasteiger partial charge in [0.05, 0.1) is 18.6 Å². The minimum Gasteiger partial charge on any atom is -0.466 e. The third-order valence-electron chi connectivity index (χ3n) is 3.27. The minimum atomic E-state index is -0.680. The molecule has 2 heterocycles. The van der Waals surface area contributed by atoms with Gasteiger partial charge in [0.2, 0.25) is 11.0 Å². The molecule has 1 fully saturated rings. The topological polar surface area (TPSA) is 98.5 Å². The molecule has 0 atom stereocenters. The molecular formula is C12H15ClN4O4. The van der Waals surface area contributed by atoms with Crippen LogP contribution in [0.15, 0.2) is 6.07 Å². The molecule has 114 valence electrons. The number of ether oxygens (including phenoxy) is 1. The number of halogens is 1. The van der Waals surface area contributed by atoms with Gasteiger partial charge in [-0.1, -0.05) is 4.98 Å². The highest BCUT2D eigenvalue weighted by molar-refractivity contribution is 6.29. The van der Waals surface area contributed by atoms with Gasteiger partial charge in [0.25, 0.3) is 0 Å². The Morgan fingerprint density at radius 1 is 1.52 bits per heavy atom. The molecule has 21 heavy (non-hydrogen) atoms. The fourth-order valence-corrected chi connectivity index (χ4v) is 2.42. The van der Waals surface area contributed by atoms with Crippen LogP contribution >= 0.6 is 11.6 Å². The van der Waals surface area contributed by atoms with E-state index in [0.717, 1.165) is 0 Å². The van der Waals surface area contributed by atoms with E-state index < -0.39 is 10.9 Å². The van der Waals surface area contributed by atoms with Gasteiger partial charge >= 0.3 is 11.9 Å². The van der Waals surface area contributed by atoms with Crippen LogP contribution in [-0.4, -0.2) is 40.6 Å².